The summed E-state index contributed by atoms with van der Waals surface area (Å²) in [5.41, 5.74) is 2.75. The van der Waals surface area contributed by atoms with Gasteiger partial charge in [0.25, 0.3) is 0 Å². The first kappa shape index (κ1) is 16.2. The van der Waals surface area contributed by atoms with Crippen molar-refractivity contribution in [1.29, 1.82) is 0 Å². The Morgan fingerprint density at radius 3 is 2.67 bits per heavy atom. The lowest BCUT2D eigenvalue weighted by Crippen LogP contribution is -2.35. The highest BCUT2D eigenvalue weighted by atomic mass is 16.2. The standard InChI is InChI=1S/C20H22N2O2/c23-19(13-12-16-7-2-1-3-8-16)21-17-9-6-10-18(15-17)22-14-5-4-11-20(22)24/h1-3,6-10,15H,4-5,11-14H2,(H,21,23). The summed E-state index contributed by atoms with van der Waals surface area (Å²) in [7, 11) is 0. The molecule has 0 aromatic heterocycles. The molecule has 1 aliphatic heterocycles. The summed E-state index contributed by atoms with van der Waals surface area (Å²) in [5.74, 6) is 0.148. The first-order valence-corrected chi connectivity index (χ1v) is 8.46. The van der Waals surface area contributed by atoms with E-state index in [0.29, 0.717) is 12.8 Å². The number of hydrogen-bond donors (Lipinski definition) is 1. The predicted octanol–water partition coefficient (Wildman–Crippen LogP) is 3.77. The Morgan fingerprint density at radius 2 is 1.88 bits per heavy atom. The number of benzene rings is 2. The van der Waals surface area contributed by atoms with Crippen molar-refractivity contribution in [3.05, 3.63) is 60.2 Å². The molecular weight excluding hydrogens is 300 g/mol. The van der Waals surface area contributed by atoms with E-state index >= 15 is 0 Å². The number of nitrogens with one attached hydrogen (secondary N) is 1. The molecule has 0 radical (unpaired) electrons. The molecule has 1 heterocycles. The summed E-state index contributed by atoms with van der Waals surface area (Å²) < 4.78 is 0. The third kappa shape index (κ3) is 4.22. The smallest absolute Gasteiger partial charge is 0.226 e. The zero-order chi connectivity index (χ0) is 16.8. The quantitative estimate of drug-likeness (QED) is 0.911. The summed E-state index contributed by atoms with van der Waals surface area (Å²) in [6.07, 6.45) is 3.76. The molecule has 0 spiro atoms. The highest BCUT2D eigenvalue weighted by Crippen LogP contribution is 2.24. The number of rotatable bonds is 5. The van der Waals surface area contributed by atoms with E-state index < -0.39 is 0 Å². The van der Waals surface area contributed by atoms with Gasteiger partial charge in [0.05, 0.1) is 0 Å². The predicted molar refractivity (Wildman–Crippen MR) is 96.0 cm³/mol. The fourth-order valence-corrected chi connectivity index (χ4v) is 2.96. The number of carbonyl (C=O) groups is 2. The molecule has 124 valence electrons. The van der Waals surface area contributed by atoms with E-state index in [2.05, 4.69) is 5.32 Å². The number of amides is 2. The Hall–Kier alpha value is -2.62. The van der Waals surface area contributed by atoms with Crippen LogP contribution in [0.4, 0.5) is 11.4 Å². The van der Waals surface area contributed by atoms with Crippen LogP contribution >= 0.6 is 0 Å². The lowest BCUT2D eigenvalue weighted by molar-refractivity contribution is -0.119. The summed E-state index contributed by atoms with van der Waals surface area (Å²) in [6.45, 7) is 0.754. The molecule has 1 N–H and O–H groups in total. The molecule has 1 aliphatic rings. The summed E-state index contributed by atoms with van der Waals surface area (Å²) in [6, 6.07) is 17.5. The zero-order valence-corrected chi connectivity index (χ0v) is 13.7. The largest absolute Gasteiger partial charge is 0.326 e. The Labute approximate surface area is 142 Å². The van der Waals surface area contributed by atoms with Crippen molar-refractivity contribution >= 4 is 23.2 Å². The van der Waals surface area contributed by atoms with E-state index in [1.807, 2.05) is 59.5 Å². The van der Waals surface area contributed by atoms with Crippen molar-refractivity contribution in [2.24, 2.45) is 0 Å². The lowest BCUT2D eigenvalue weighted by Gasteiger charge is -2.27. The number of nitrogens with zero attached hydrogens (tertiary/aromatic N) is 1. The average Bonchev–Trinajstić information content (AvgIpc) is 2.61. The van der Waals surface area contributed by atoms with Gasteiger partial charge in [-0.15, -0.1) is 0 Å². The van der Waals surface area contributed by atoms with Crippen LogP contribution in [0.15, 0.2) is 54.6 Å². The molecule has 1 saturated heterocycles. The highest BCUT2D eigenvalue weighted by molar-refractivity contribution is 5.96. The van der Waals surface area contributed by atoms with Crippen LogP contribution in [-0.4, -0.2) is 18.4 Å². The second kappa shape index (κ2) is 7.77. The van der Waals surface area contributed by atoms with Gasteiger partial charge >= 0.3 is 0 Å². The van der Waals surface area contributed by atoms with Gasteiger partial charge in [-0.2, -0.15) is 0 Å². The van der Waals surface area contributed by atoms with E-state index in [-0.39, 0.29) is 11.8 Å². The van der Waals surface area contributed by atoms with Crippen LogP contribution in [0, 0.1) is 0 Å². The van der Waals surface area contributed by atoms with Gasteiger partial charge in [0.1, 0.15) is 0 Å². The van der Waals surface area contributed by atoms with Crippen molar-refractivity contribution in [2.45, 2.75) is 32.1 Å². The van der Waals surface area contributed by atoms with Gasteiger partial charge in [-0.05, 0) is 43.0 Å². The number of carbonyl (C=O) groups excluding carboxylic acids is 2. The van der Waals surface area contributed by atoms with Crippen LogP contribution in [-0.2, 0) is 16.0 Å². The van der Waals surface area contributed by atoms with Crippen LogP contribution in [0.1, 0.15) is 31.2 Å². The molecule has 0 aliphatic carbocycles. The average molecular weight is 322 g/mol. The number of piperidine rings is 1. The zero-order valence-electron chi connectivity index (χ0n) is 13.7. The Kier molecular flexibility index (Phi) is 5.26. The normalized spacial score (nSPS) is 14.5. The summed E-state index contributed by atoms with van der Waals surface area (Å²) in [5, 5.41) is 2.93. The van der Waals surface area contributed by atoms with Crippen LogP contribution < -0.4 is 10.2 Å². The van der Waals surface area contributed by atoms with Gasteiger partial charge in [0, 0.05) is 30.8 Å². The second-order valence-electron chi connectivity index (χ2n) is 6.09. The molecule has 2 aromatic carbocycles. The third-order valence-electron chi connectivity index (χ3n) is 4.25. The maximum Gasteiger partial charge on any atom is 0.226 e. The SMILES string of the molecule is O=C(CCc1ccccc1)Nc1cccc(N2CCCCC2=O)c1. The summed E-state index contributed by atoms with van der Waals surface area (Å²) in [4.78, 5) is 26.0. The molecule has 0 bridgehead atoms. The van der Waals surface area contributed by atoms with Crippen LogP contribution in [0.3, 0.4) is 0 Å². The van der Waals surface area contributed by atoms with Gasteiger partial charge in [0.2, 0.25) is 11.8 Å². The summed E-state index contributed by atoms with van der Waals surface area (Å²) >= 11 is 0. The third-order valence-corrected chi connectivity index (χ3v) is 4.25. The molecule has 0 atom stereocenters. The van der Waals surface area contributed by atoms with Crippen molar-refractivity contribution < 1.29 is 9.59 Å². The number of aryl methyl sites for hydroxylation is 1. The van der Waals surface area contributed by atoms with Crippen LogP contribution in [0.5, 0.6) is 0 Å². The molecule has 3 rings (SSSR count). The first-order chi connectivity index (χ1) is 11.7. The van der Waals surface area contributed by atoms with Gasteiger partial charge in [-0.25, -0.2) is 0 Å². The van der Waals surface area contributed by atoms with Gasteiger partial charge in [0.15, 0.2) is 0 Å². The minimum absolute atomic E-state index is 0.0130. The minimum Gasteiger partial charge on any atom is -0.326 e. The second-order valence-corrected chi connectivity index (χ2v) is 6.09. The van der Waals surface area contributed by atoms with Crippen molar-refractivity contribution in [3.8, 4) is 0 Å². The molecule has 4 nitrogen and oxygen atoms in total. The van der Waals surface area contributed by atoms with E-state index in [9.17, 15) is 9.59 Å². The van der Waals surface area contributed by atoms with Crippen molar-refractivity contribution in [3.63, 3.8) is 0 Å². The monoisotopic (exact) mass is 322 g/mol. The van der Waals surface area contributed by atoms with E-state index in [4.69, 9.17) is 0 Å². The molecule has 1 fully saturated rings. The van der Waals surface area contributed by atoms with Crippen LogP contribution in [0.2, 0.25) is 0 Å². The molecule has 0 unspecified atom stereocenters. The molecule has 4 heteroatoms. The molecule has 2 aromatic rings. The van der Waals surface area contributed by atoms with Crippen molar-refractivity contribution in [1.82, 2.24) is 0 Å². The molecule has 0 saturated carbocycles. The lowest BCUT2D eigenvalue weighted by atomic mass is 10.1. The Morgan fingerprint density at radius 1 is 1.04 bits per heavy atom. The van der Waals surface area contributed by atoms with Gasteiger partial charge < -0.3 is 10.2 Å². The van der Waals surface area contributed by atoms with Gasteiger partial charge in [-0.1, -0.05) is 36.4 Å². The fraction of sp³-hybridized carbons (Fsp3) is 0.300. The van der Waals surface area contributed by atoms with Crippen LogP contribution in [0.25, 0.3) is 0 Å². The maximum absolute atomic E-state index is 12.1. The molecule has 2 amide bonds. The molecular formula is C20H22N2O2. The first-order valence-electron chi connectivity index (χ1n) is 8.46. The van der Waals surface area contributed by atoms with Gasteiger partial charge in [-0.3, -0.25) is 9.59 Å². The van der Waals surface area contributed by atoms with E-state index in [1.165, 1.54) is 0 Å². The minimum atomic E-state index is -0.0130. The highest BCUT2D eigenvalue weighted by Gasteiger charge is 2.19. The van der Waals surface area contributed by atoms with E-state index in [1.54, 1.807) is 0 Å². The number of anilines is 2. The fourth-order valence-electron chi connectivity index (χ4n) is 2.96. The maximum atomic E-state index is 12.1. The Balaban J connectivity index is 1.59. The Bertz CT molecular complexity index is 713. The van der Waals surface area contributed by atoms with E-state index in [0.717, 1.165) is 42.7 Å². The topological polar surface area (TPSA) is 49.4 Å². The number of hydrogen-bond acceptors (Lipinski definition) is 2. The van der Waals surface area contributed by atoms with Crippen molar-refractivity contribution in [2.75, 3.05) is 16.8 Å². The molecule has 24 heavy (non-hydrogen) atoms.